The number of fused-ring (bicyclic) bond motifs is 6. The number of benzene rings is 1. The van der Waals surface area contributed by atoms with Gasteiger partial charge in [-0.05, 0) is 43.6 Å². The second kappa shape index (κ2) is 4.82. The van der Waals surface area contributed by atoms with Gasteiger partial charge in [-0.2, -0.15) is 4.98 Å². The third kappa shape index (κ3) is 1.96. The minimum atomic E-state index is 0.286. The number of likely N-dealkylation sites (N-methyl/N-ethyl adjacent to an activating group) is 1. The lowest BCUT2D eigenvalue weighted by molar-refractivity contribution is 0.124. The van der Waals surface area contributed by atoms with E-state index in [9.17, 15) is 0 Å². The molecule has 5 heterocycles. The summed E-state index contributed by atoms with van der Waals surface area (Å²) in [5.41, 5.74) is 2.40. The van der Waals surface area contributed by atoms with Crippen molar-refractivity contribution in [1.82, 2.24) is 14.9 Å². The van der Waals surface area contributed by atoms with Crippen molar-refractivity contribution in [3.8, 4) is 0 Å². The number of aromatic nitrogens is 2. The zero-order valence-electron chi connectivity index (χ0n) is 12.9. The summed E-state index contributed by atoms with van der Waals surface area (Å²) in [6, 6.07) is 8.98. The molecule has 2 atom stereocenters. The number of furan rings is 1. The lowest BCUT2D eigenvalue weighted by atomic mass is 9.91. The van der Waals surface area contributed by atoms with Crippen molar-refractivity contribution >= 4 is 39.5 Å². The number of nitrogens with zero attached hydrogens (tertiary/aromatic N) is 4. The van der Waals surface area contributed by atoms with Crippen LogP contribution in [-0.2, 0) is 0 Å². The quantitative estimate of drug-likeness (QED) is 0.641. The summed E-state index contributed by atoms with van der Waals surface area (Å²) in [7, 11) is 2.21. The van der Waals surface area contributed by atoms with E-state index in [2.05, 4.69) is 26.8 Å². The predicted molar refractivity (Wildman–Crippen MR) is 91.1 cm³/mol. The number of hydrogen-bond acceptors (Lipinski definition) is 5. The van der Waals surface area contributed by atoms with Gasteiger partial charge in [0.1, 0.15) is 11.1 Å². The van der Waals surface area contributed by atoms with Gasteiger partial charge in [-0.3, -0.25) is 4.90 Å². The van der Waals surface area contributed by atoms with E-state index in [0.717, 1.165) is 41.0 Å². The lowest BCUT2D eigenvalue weighted by Gasteiger charge is -2.50. The van der Waals surface area contributed by atoms with E-state index in [1.807, 2.05) is 24.3 Å². The Morgan fingerprint density at radius 2 is 1.96 bits per heavy atom. The van der Waals surface area contributed by atoms with Crippen LogP contribution < -0.4 is 4.90 Å². The predicted octanol–water partition coefficient (Wildman–Crippen LogP) is 3.31. The molecule has 0 N–H and O–H groups in total. The van der Waals surface area contributed by atoms with Crippen LogP contribution in [0.25, 0.3) is 22.1 Å². The molecule has 2 bridgehead atoms. The van der Waals surface area contributed by atoms with E-state index in [0.29, 0.717) is 12.1 Å². The Balaban J connectivity index is 1.72. The highest BCUT2D eigenvalue weighted by Gasteiger charge is 2.39. The second-order valence-corrected chi connectivity index (χ2v) is 6.91. The molecule has 6 heteroatoms. The molecule has 0 spiro atoms. The van der Waals surface area contributed by atoms with Gasteiger partial charge in [-0.25, -0.2) is 4.98 Å². The summed E-state index contributed by atoms with van der Waals surface area (Å²) in [6.07, 6.45) is 2.44. The maximum absolute atomic E-state index is 6.23. The molecule has 3 aliphatic heterocycles. The highest BCUT2D eigenvalue weighted by Crippen LogP contribution is 2.38. The minimum absolute atomic E-state index is 0.286. The lowest BCUT2D eigenvalue weighted by Crippen LogP contribution is -2.61. The van der Waals surface area contributed by atoms with E-state index in [1.54, 1.807) is 0 Å². The second-order valence-electron chi connectivity index (χ2n) is 6.57. The van der Waals surface area contributed by atoms with Gasteiger partial charge in [0.15, 0.2) is 11.4 Å². The molecule has 3 fully saturated rings. The minimum Gasteiger partial charge on any atom is -0.450 e. The van der Waals surface area contributed by atoms with Crippen LogP contribution in [0.15, 0.2) is 28.7 Å². The van der Waals surface area contributed by atoms with Gasteiger partial charge in [0, 0.05) is 30.6 Å². The summed E-state index contributed by atoms with van der Waals surface area (Å²) in [4.78, 5) is 13.8. The Morgan fingerprint density at radius 1 is 1.13 bits per heavy atom. The topological polar surface area (TPSA) is 45.4 Å². The number of rotatable bonds is 1. The first kappa shape index (κ1) is 13.6. The van der Waals surface area contributed by atoms with E-state index in [1.165, 1.54) is 12.8 Å². The fourth-order valence-corrected chi connectivity index (χ4v) is 4.21. The molecule has 5 nitrogen and oxygen atoms in total. The third-order valence-corrected chi connectivity index (χ3v) is 5.42. The molecule has 1 aromatic carbocycles. The Labute approximate surface area is 138 Å². The van der Waals surface area contributed by atoms with Crippen molar-refractivity contribution in [3.05, 3.63) is 29.5 Å². The van der Waals surface area contributed by atoms with E-state index in [4.69, 9.17) is 16.0 Å². The van der Waals surface area contributed by atoms with Crippen molar-refractivity contribution in [3.63, 3.8) is 0 Å². The number of piperidine rings is 2. The fraction of sp³-hybridized carbons (Fsp3) is 0.412. The molecule has 0 amide bonds. The summed E-state index contributed by atoms with van der Waals surface area (Å²) >= 11 is 6.23. The maximum atomic E-state index is 6.23. The Bertz CT molecular complexity index is 908. The summed E-state index contributed by atoms with van der Waals surface area (Å²) in [5, 5.41) is 1.28. The molecule has 3 aromatic rings. The van der Waals surface area contributed by atoms with Crippen LogP contribution in [0.5, 0.6) is 0 Å². The zero-order chi connectivity index (χ0) is 15.6. The molecule has 6 rings (SSSR count). The molecule has 0 saturated carbocycles. The molecule has 0 radical (unpaired) electrons. The van der Waals surface area contributed by atoms with Crippen molar-refractivity contribution in [1.29, 1.82) is 0 Å². The zero-order valence-corrected chi connectivity index (χ0v) is 13.6. The molecular weight excluding hydrogens is 312 g/mol. The summed E-state index contributed by atoms with van der Waals surface area (Å²) in [6.45, 7) is 2.04. The van der Waals surface area contributed by atoms with Crippen molar-refractivity contribution in [2.24, 2.45) is 0 Å². The largest absolute Gasteiger partial charge is 0.450 e. The fourth-order valence-electron chi connectivity index (χ4n) is 4.04. The molecule has 23 heavy (non-hydrogen) atoms. The molecule has 3 aliphatic rings. The van der Waals surface area contributed by atoms with Crippen LogP contribution in [0.2, 0.25) is 5.28 Å². The van der Waals surface area contributed by atoms with Gasteiger partial charge in [-0.1, -0.05) is 12.1 Å². The molecule has 0 aliphatic carbocycles. The van der Waals surface area contributed by atoms with E-state index >= 15 is 0 Å². The van der Waals surface area contributed by atoms with Crippen LogP contribution in [0.3, 0.4) is 0 Å². The van der Waals surface area contributed by atoms with Crippen LogP contribution in [0, 0.1) is 0 Å². The Morgan fingerprint density at radius 3 is 2.74 bits per heavy atom. The van der Waals surface area contributed by atoms with Gasteiger partial charge in [-0.15, -0.1) is 0 Å². The third-order valence-electron chi connectivity index (χ3n) is 5.25. The maximum Gasteiger partial charge on any atom is 0.225 e. The number of para-hydroxylation sites is 1. The van der Waals surface area contributed by atoms with Crippen molar-refractivity contribution in [2.75, 3.05) is 25.0 Å². The first-order chi connectivity index (χ1) is 11.2. The molecule has 2 aromatic heterocycles. The van der Waals surface area contributed by atoms with E-state index in [-0.39, 0.29) is 5.28 Å². The number of hydrogen-bond donors (Lipinski definition) is 0. The highest BCUT2D eigenvalue weighted by molar-refractivity contribution is 6.29. The Hall–Kier alpha value is -1.85. The van der Waals surface area contributed by atoms with Crippen LogP contribution >= 0.6 is 11.6 Å². The van der Waals surface area contributed by atoms with Crippen LogP contribution in [-0.4, -0.2) is 47.1 Å². The smallest absolute Gasteiger partial charge is 0.225 e. The number of halogens is 1. The normalized spacial score (nSPS) is 24.9. The Kier molecular flexibility index (Phi) is 2.85. The first-order valence-corrected chi connectivity index (χ1v) is 8.40. The summed E-state index contributed by atoms with van der Waals surface area (Å²) in [5.74, 6) is 0.846. The van der Waals surface area contributed by atoms with Gasteiger partial charge in [0.25, 0.3) is 0 Å². The van der Waals surface area contributed by atoms with Crippen LogP contribution in [0.4, 0.5) is 5.82 Å². The summed E-state index contributed by atoms with van der Waals surface area (Å²) < 4.78 is 6.09. The van der Waals surface area contributed by atoms with Gasteiger partial charge in [0.2, 0.25) is 5.28 Å². The van der Waals surface area contributed by atoms with Crippen molar-refractivity contribution in [2.45, 2.75) is 24.9 Å². The molecule has 2 unspecified atom stereocenters. The SMILES string of the molecule is CN1CC2CCC1CN2c1nc(Cl)nc2c1oc1ccccc12. The standard InChI is InChI=1S/C17H17ClN4O/c1-21-8-11-7-6-10(21)9-22(11)16-15-14(19-17(18)20-16)12-4-2-3-5-13(12)23-15/h2-5,10-11H,6-9H2,1H3. The first-order valence-electron chi connectivity index (χ1n) is 8.02. The highest BCUT2D eigenvalue weighted by atomic mass is 35.5. The van der Waals surface area contributed by atoms with Crippen molar-refractivity contribution < 1.29 is 4.42 Å². The molecule has 118 valence electrons. The number of anilines is 1. The average Bonchev–Trinajstić information content (AvgIpc) is 2.93. The molecule has 3 saturated heterocycles. The average molecular weight is 329 g/mol. The number of piperazine rings is 1. The van der Waals surface area contributed by atoms with Gasteiger partial charge < -0.3 is 9.32 Å². The van der Waals surface area contributed by atoms with Gasteiger partial charge >= 0.3 is 0 Å². The van der Waals surface area contributed by atoms with Gasteiger partial charge in [0.05, 0.1) is 0 Å². The monoisotopic (exact) mass is 328 g/mol. The van der Waals surface area contributed by atoms with E-state index < -0.39 is 0 Å². The van der Waals surface area contributed by atoms with Crippen LogP contribution in [0.1, 0.15) is 12.8 Å². The molecular formula is C17H17ClN4O.